The van der Waals surface area contributed by atoms with Gasteiger partial charge in [-0.3, -0.25) is 4.79 Å². The second-order valence-electron chi connectivity index (χ2n) is 11.7. The summed E-state index contributed by atoms with van der Waals surface area (Å²) in [6.07, 6.45) is 17.7. The van der Waals surface area contributed by atoms with Crippen LogP contribution in [0.4, 0.5) is 0 Å². The molecule has 2 aliphatic rings. The molecule has 3 nitrogen and oxygen atoms in total. The van der Waals surface area contributed by atoms with E-state index in [4.69, 9.17) is 0 Å². The highest BCUT2D eigenvalue weighted by Crippen LogP contribution is 2.44. The summed E-state index contributed by atoms with van der Waals surface area (Å²) in [5.41, 5.74) is 0.819. The Balaban J connectivity index is 1.65. The van der Waals surface area contributed by atoms with Crippen molar-refractivity contribution in [3.63, 3.8) is 0 Å². The number of fused-ring (bicyclic) bond motifs is 3. The van der Waals surface area contributed by atoms with Crippen molar-refractivity contribution in [2.24, 2.45) is 11.8 Å². The molecule has 0 spiro atoms. The van der Waals surface area contributed by atoms with Crippen molar-refractivity contribution < 1.29 is 9.90 Å². The number of carbonyl (C=O) groups is 1. The molecule has 2 aromatic rings. The summed E-state index contributed by atoms with van der Waals surface area (Å²) in [6.45, 7) is 1.17. The van der Waals surface area contributed by atoms with E-state index in [1.165, 1.54) is 83.6 Å². The average molecular weight is 490 g/mol. The lowest BCUT2D eigenvalue weighted by atomic mass is 9.67. The molecule has 0 radical (unpaired) electrons. The van der Waals surface area contributed by atoms with Crippen molar-refractivity contribution >= 4 is 5.97 Å². The van der Waals surface area contributed by atoms with Gasteiger partial charge in [0, 0.05) is 6.04 Å². The number of carboxylic acids is 1. The largest absolute Gasteiger partial charge is 0.480 e. The maximum atomic E-state index is 13.3. The van der Waals surface area contributed by atoms with E-state index in [2.05, 4.69) is 11.9 Å². The Morgan fingerprint density at radius 3 is 1.92 bits per heavy atom. The van der Waals surface area contributed by atoms with Crippen LogP contribution in [0, 0.1) is 11.8 Å². The highest BCUT2D eigenvalue weighted by molar-refractivity contribution is 5.86. The summed E-state index contributed by atoms with van der Waals surface area (Å²) in [4.78, 5) is 15.9. The van der Waals surface area contributed by atoms with Gasteiger partial charge >= 0.3 is 5.97 Å². The van der Waals surface area contributed by atoms with Crippen LogP contribution < -0.4 is 0 Å². The first-order valence-corrected chi connectivity index (χ1v) is 14.6. The Kier molecular flexibility index (Phi) is 10.0. The van der Waals surface area contributed by atoms with E-state index in [0.29, 0.717) is 18.4 Å². The van der Waals surface area contributed by atoms with Crippen LogP contribution in [0.15, 0.2) is 60.7 Å². The van der Waals surface area contributed by atoms with Gasteiger partial charge in [0.25, 0.3) is 0 Å². The summed E-state index contributed by atoms with van der Waals surface area (Å²) >= 11 is 0. The molecule has 0 amide bonds. The van der Waals surface area contributed by atoms with Crippen LogP contribution in [0.25, 0.3) is 0 Å². The molecule has 1 aliphatic heterocycles. The minimum absolute atomic E-state index is 0.398. The zero-order chi connectivity index (χ0) is 25.2. The van der Waals surface area contributed by atoms with E-state index in [1.54, 1.807) is 0 Å². The van der Waals surface area contributed by atoms with E-state index >= 15 is 0 Å². The first kappa shape index (κ1) is 26.9. The van der Waals surface area contributed by atoms with Crippen LogP contribution >= 0.6 is 0 Å². The molecule has 3 heteroatoms. The average Bonchev–Trinajstić information content (AvgIpc) is 3.11. The molecule has 4 rings (SSSR count). The number of carboxylic acid groups (broad SMARTS) is 1. The predicted octanol–water partition coefficient (Wildman–Crippen LogP) is 8.08. The highest BCUT2D eigenvalue weighted by Gasteiger charge is 2.45. The Morgan fingerprint density at radius 1 is 0.778 bits per heavy atom. The molecule has 196 valence electrons. The lowest BCUT2D eigenvalue weighted by Gasteiger charge is -2.36. The van der Waals surface area contributed by atoms with Gasteiger partial charge in [0.1, 0.15) is 5.41 Å². The van der Waals surface area contributed by atoms with Crippen molar-refractivity contribution in [1.29, 1.82) is 0 Å². The van der Waals surface area contributed by atoms with Crippen LogP contribution in [0.1, 0.15) is 101 Å². The van der Waals surface area contributed by atoms with Crippen LogP contribution in [0.2, 0.25) is 0 Å². The smallest absolute Gasteiger partial charge is 0.318 e. The molecule has 3 unspecified atom stereocenters. The second kappa shape index (κ2) is 13.4. The molecule has 0 aromatic heterocycles. The van der Waals surface area contributed by atoms with Crippen LogP contribution in [-0.4, -0.2) is 35.6 Å². The SMILES string of the molecule is CN1CCCCCCCCCCC2CCC1CC(CC(C(=O)O)(c1ccccc1)c1ccccc1)C2. The summed E-state index contributed by atoms with van der Waals surface area (Å²) in [7, 11) is 2.32. The topological polar surface area (TPSA) is 40.5 Å². The standard InChI is InChI=1S/C33H47NO2/c1-34-23-15-7-5-3-2-4-6-10-16-27-21-22-31(34)25-28(24-27)26-33(32(35)36,29-17-11-8-12-18-29)30-19-13-9-14-20-30/h8-9,11-14,17-20,27-28,31H,2-7,10,15-16,21-26H2,1H3,(H,35,36). The van der Waals surface area contributed by atoms with Gasteiger partial charge in [-0.2, -0.15) is 0 Å². The monoisotopic (exact) mass is 489 g/mol. The van der Waals surface area contributed by atoms with E-state index in [1.807, 2.05) is 60.7 Å². The predicted molar refractivity (Wildman–Crippen MR) is 149 cm³/mol. The first-order chi connectivity index (χ1) is 17.6. The normalized spacial score (nSPS) is 25.4. The maximum Gasteiger partial charge on any atom is 0.318 e. The van der Waals surface area contributed by atoms with Crippen molar-refractivity contribution in [2.75, 3.05) is 13.6 Å². The number of hydrogen-bond acceptors (Lipinski definition) is 2. The summed E-state index contributed by atoms with van der Waals surface area (Å²) < 4.78 is 0. The van der Waals surface area contributed by atoms with Gasteiger partial charge < -0.3 is 10.0 Å². The third kappa shape index (κ3) is 6.79. The molecule has 1 saturated carbocycles. The number of hydrogen-bond donors (Lipinski definition) is 1. The van der Waals surface area contributed by atoms with Gasteiger partial charge in [-0.1, -0.05) is 112 Å². The van der Waals surface area contributed by atoms with E-state index in [-0.39, 0.29) is 0 Å². The van der Waals surface area contributed by atoms with Gasteiger partial charge in [0.15, 0.2) is 0 Å². The Morgan fingerprint density at radius 2 is 1.33 bits per heavy atom. The van der Waals surface area contributed by atoms with E-state index < -0.39 is 11.4 Å². The number of aliphatic carboxylic acids is 1. The molecule has 1 N–H and O–H groups in total. The highest BCUT2D eigenvalue weighted by atomic mass is 16.4. The molecule has 1 saturated heterocycles. The van der Waals surface area contributed by atoms with Crippen LogP contribution in [-0.2, 0) is 10.2 Å². The molecule has 1 heterocycles. The molecule has 2 aromatic carbocycles. The maximum absolute atomic E-state index is 13.3. The summed E-state index contributed by atoms with van der Waals surface area (Å²) in [5, 5.41) is 10.9. The lowest BCUT2D eigenvalue weighted by Crippen LogP contribution is -2.41. The van der Waals surface area contributed by atoms with Gasteiger partial charge in [-0.15, -0.1) is 0 Å². The van der Waals surface area contributed by atoms with E-state index in [9.17, 15) is 9.90 Å². The third-order valence-corrected chi connectivity index (χ3v) is 9.17. The second-order valence-corrected chi connectivity index (χ2v) is 11.7. The minimum atomic E-state index is -1.01. The van der Waals surface area contributed by atoms with Crippen molar-refractivity contribution in [3.05, 3.63) is 71.8 Å². The minimum Gasteiger partial charge on any atom is -0.480 e. The molecule has 2 bridgehead atoms. The lowest BCUT2D eigenvalue weighted by molar-refractivity contribution is -0.143. The van der Waals surface area contributed by atoms with Gasteiger partial charge in [-0.05, 0) is 75.1 Å². The van der Waals surface area contributed by atoms with Gasteiger partial charge in [-0.25, -0.2) is 0 Å². The van der Waals surface area contributed by atoms with Gasteiger partial charge in [0.05, 0.1) is 0 Å². The molecule has 2 fully saturated rings. The fraction of sp³-hybridized carbons (Fsp3) is 0.606. The van der Waals surface area contributed by atoms with Gasteiger partial charge in [0.2, 0.25) is 0 Å². The summed E-state index contributed by atoms with van der Waals surface area (Å²) in [5.74, 6) is 0.402. The van der Waals surface area contributed by atoms with Crippen LogP contribution in [0.5, 0.6) is 0 Å². The fourth-order valence-corrected chi connectivity index (χ4v) is 7.10. The number of benzene rings is 2. The molecule has 36 heavy (non-hydrogen) atoms. The molecule has 3 atom stereocenters. The Bertz CT molecular complexity index is 872. The number of nitrogens with zero attached hydrogens (tertiary/aromatic N) is 1. The zero-order valence-electron chi connectivity index (χ0n) is 22.4. The van der Waals surface area contributed by atoms with Crippen LogP contribution in [0.3, 0.4) is 0 Å². The Hall–Kier alpha value is -2.13. The van der Waals surface area contributed by atoms with E-state index in [0.717, 1.165) is 23.5 Å². The quantitative estimate of drug-likeness (QED) is 0.461. The zero-order valence-corrected chi connectivity index (χ0v) is 22.4. The Labute approximate surface area is 219 Å². The first-order valence-electron chi connectivity index (χ1n) is 14.6. The fourth-order valence-electron chi connectivity index (χ4n) is 7.10. The van der Waals surface area contributed by atoms with Crippen molar-refractivity contribution in [3.8, 4) is 0 Å². The number of rotatable bonds is 5. The third-order valence-electron chi connectivity index (χ3n) is 9.17. The summed E-state index contributed by atoms with van der Waals surface area (Å²) in [6, 6.07) is 20.6. The molecular formula is C33H47NO2. The van der Waals surface area contributed by atoms with Crippen molar-refractivity contribution in [2.45, 2.75) is 101 Å². The molecule has 1 aliphatic carbocycles. The van der Waals surface area contributed by atoms with Crippen molar-refractivity contribution in [1.82, 2.24) is 4.90 Å². The molecular weight excluding hydrogens is 442 g/mol.